The van der Waals surface area contributed by atoms with E-state index >= 15 is 0 Å². The molecule has 1 aliphatic heterocycles. The summed E-state index contributed by atoms with van der Waals surface area (Å²) in [7, 11) is 0. The largest absolute Gasteiger partial charge is 0.458 e. The predicted octanol–water partition coefficient (Wildman–Crippen LogP) is 2.42. The summed E-state index contributed by atoms with van der Waals surface area (Å²) < 4.78 is 4.95. The zero-order valence-electron chi connectivity index (χ0n) is 8.91. The van der Waals surface area contributed by atoms with Gasteiger partial charge in [-0.15, -0.1) is 0 Å². The molecule has 0 amide bonds. The number of benzene rings is 1. The molecule has 0 radical (unpaired) electrons. The van der Waals surface area contributed by atoms with Crippen LogP contribution in [-0.2, 0) is 9.53 Å². The highest BCUT2D eigenvalue weighted by Crippen LogP contribution is 2.30. The van der Waals surface area contributed by atoms with Crippen LogP contribution in [-0.4, -0.2) is 17.6 Å². The smallest absolute Gasteiger partial charge is 0.331 e. The number of rotatable bonds is 1. The topological polar surface area (TPSA) is 42.1 Å². The van der Waals surface area contributed by atoms with Gasteiger partial charge in [-0.25, -0.2) is 4.79 Å². The van der Waals surface area contributed by atoms with Crippen LogP contribution >= 0.6 is 0 Å². The first-order chi connectivity index (χ1) is 7.75. The van der Waals surface area contributed by atoms with Crippen molar-refractivity contribution in [3.63, 3.8) is 0 Å². The number of carbonyl (C=O) groups excluding carboxylic acids is 1. The number of para-hydroxylation sites is 1. The molecule has 1 aliphatic rings. The Morgan fingerprint density at radius 1 is 1.31 bits per heavy atom. The van der Waals surface area contributed by atoms with Crippen LogP contribution in [0.2, 0.25) is 0 Å². The minimum atomic E-state index is -0.250. The number of carbonyl (C=O) groups is 1. The van der Waals surface area contributed by atoms with Gasteiger partial charge in [-0.3, -0.25) is 0 Å². The summed E-state index contributed by atoms with van der Waals surface area (Å²) >= 11 is 0. The number of hydrogen-bond donors (Lipinski definition) is 1. The SMILES string of the molecule is Cc1[nH]c2ccccc2c1C1=CC(=O)OC1. The van der Waals surface area contributed by atoms with Crippen LogP contribution in [0.4, 0.5) is 0 Å². The van der Waals surface area contributed by atoms with Crippen molar-refractivity contribution in [1.82, 2.24) is 4.98 Å². The fourth-order valence-corrected chi connectivity index (χ4v) is 2.21. The number of esters is 1. The Balaban J connectivity index is 2.27. The van der Waals surface area contributed by atoms with E-state index in [0.29, 0.717) is 6.61 Å². The average Bonchev–Trinajstić information content (AvgIpc) is 2.80. The Kier molecular flexibility index (Phi) is 1.86. The number of cyclic esters (lactones) is 1. The lowest BCUT2D eigenvalue weighted by molar-refractivity contribution is -0.134. The summed E-state index contributed by atoms with van der Waals surface area (Å²) in [5.41, 5.74) is 4.22. The van der Waals surface area contributed by atoms with Crippen LogP contribution in [0.1, 0.15) is 11.3 Å². The van der Waals surface area contributed by atoms with Gasteiger partial charge in [-0.2, -0.15) is 0 Å². The normalized spacial score (nSPS) is 15.3. The first-order valence-electron chi connectivity index (χ1n) is 5.21. The van der Waals surface area contributed by atoms with Crippen LogP contribution in [0.15, 0.2) is 30.3 Å². The maximum Gasteiger partial charge on any atom is 0.331 e. The number of nitrogens with one attached hydrogen (secondary N) is 1. The van der Waals surface area contributed by atoms with Crippen LogP contribution < -0.4 is 0 Å². The van der Waals surface area contributed by atoms with Crippen molar-refractivity contribution >= 4 is 22.4 Å². The molecule has 3 nitrogen and oxygen atoms in total. The molecular weight excluding hydrogens is 202 g/mol. The lowest BCUT2D eigenvalue weighted by atomic mass is 10.0. The lowest BCUT2D eigenvalue weighted by Crippen LogP contribution is -1.92. The second kappa shape index (κ2) is 3.23. The molecule has 1 N–H and O–H groups in total. The lowest BCUT2D eigenvalue weighted by Gasteiger charge is -2.00. The van der Waals surface area contributed by atoms with E-state index in [0.717, 1.165) is 27.7 Å². The summed E-state index contributed by atoms with van der Waals surface area (Å²) in [6, 6.07) is 8.08. The van der Waals surface area contributed by atoms with E-state index in [9.17, 15) is 4.79 Å². The van der Waals surface area contributed by atoms with E-state index in [-0.39, 0.29) is 5.97 Å². The molecule has 0 saturated heterocycles. The third-order valence-electron chi connectivity index (χ3n) is 2.88. The number of aromatic amines is 1. The monoisotopic (exact) mass is 213 g/mol. The van der Waals surface area contributed by atoms with Crippen LogP contribution in [0, 0.1) is 6.92 Å². The Morgan fingerprint density at radius 3 is 2.88 bits per heavy atom. The molecule has 2 heterocycles. The van der Waals surface area contributed by atoms with Crippen molar-refractivity contribution in [1.29, 1.82) is 0 Å². The van der Waals surface area contributed by atoms with E-state index < -0.39 is 0 Å². The standard InChI is InChI=1S/C13H11NO2/c1-8-13(9-6-12(15)16-7-9)10-4-2-3-5-11(10)14-8/h2-6,14H,7H2,1H3. The zero-order chi connectivity index (χ0) is 11.1. The molecule has 0 atom stereocenters. The second-order valence-electron chi connectivity index (χ2n) is 3.95. The Morgan fingerprint density at radius 2 is 2.12 bits per heavy atom. The highest BCUT2D eigenvalue weighted by molar-refractivity contribution is 6.02. The molecule has 3 rings (SSSR count). The van der Waals surface area contributed by atoms with Crippen molar-refractivity contribution in [3.8, 4) is 0 Å². The van der Waals surface area contributed by atoms with Gasteiger partial charge in [0.25, 0.3) is 0 Å². The Labute approximate surface area is 92.7 Å². The molecule has 16 heavy (non-hydrogen) atoms. The van der Waals surface area contributed by atoms with Gasteiger partial charge in [0.05, 0.1) is 0 Å². The summed E-state index contributed by atoms with van der Waals surface area (Å²) in [6.45, 7) is 2.39. The fourth-order valence-electron chi connectivity index (χ4n) is 2.21. The van der Waals surface area contributed by atoms with Gasteiger partial charge in [0.2, 0.25) is 0 Å². The number of aryl methyl sites for hydroxylation is 1. The number of hydrogen-bond acceptors (Lipinski definition) is 2. The molecule has 0 unspecified atom stereocenters. The zero-order valence-corrected chi connectivity index (χ0v) is 8.91. The average molecular weight is 213 g/mol. The van der Waals surface area contributed by atoms with Gasteiger partial charge in [-0.1, -0.05) is 18.2 Å². The molecular formula is C13H11NO2. The van der Waals surface area contributed by atoms with Crippen molar-refractivity contribution in [3.05, 3.63) is 41.6 Å². The van der Waals surface area contributed by atoms with Gasteiger partial charge in [-0.05, 0) is 13.0 Å². The maximum absolute atomic E-state index is 11.1. The van der Waals surface area contributed by atoms with Gasteiger partial charge >= 0.3 is 5.97 Å². The molecule has 80 valence electrons. The van der Waals surface area contributed by atoms with E-state index in [1.807, 2.05) is 25.1 Å². The van der Waals surface area contributed by atoms with E-state index in [4.69, 9.17) is 4.74 Å². The van der Waals surface area contributed by atoms with E-state index in [1.54, 1.807) is 6.08 Å². The van der Waals surface area contributed by atoms with Crippen molar-refractivity contribution in [2.24, 2.45) is 0 Å². The summed E-state index contributed by atoms with van der Waals surface area (Å²) in [5, 5.41) is 1.14. The van der Waals surface area contributed by atoms with Crippen molar-refractivity contribution in [2.75, 3.05) is 6.61 Å². The number of ether oxygens (including phenoxy) is 1. The van der Waals surface area contributed by atoms with Crippen molar-refractivity contribution < 1.29 is 9.53 Å². The molecule has 1 aromatic heterocycles. The van der Waals surface area contributed by atoms with Crippen LogP contribution in [0.25, 0.3) is 16.5 Å². The molecule has 2 aromatic rings. The first-order valence-corrected chi connectivity index (χ1v) is 5.21. The molecule has 1 aromatic carbocycles. The first kappa shape index (κ1) is 9.21. The van der Waals surface area contributed by atoms with Gasteiger partial charge in [0.1, 0.15) is 6.61 Å². The maximum atomic E-state index is 11.1. The highest BCUT2D eigenvalue weighted by Gasteiger charge is 2.19. The van der Waals surface area contributed by atoms with Gasteiger partial charge in [0, 0.05) is 33.8 Å². The third-order valence-corrected chi connectivity index (χ3v) is 2.88. The molecule has 0 fully saturated rings. The minimum Gasteiger partial charge on any atom is -0.458 e. The Hall–Kier alpha value is -2.03. The minimum absolute atomic E-state index is 0.250. The summed E-state index contributed by atoms with van der Waals surface area (Å²) in [5.74, 6) is -0.250. The van der Waals surface area contributed by atoms with Gasteiger partial charge in [0.15, 0.2) is 0 Å². The van der Waals surface area contributed by atoms with Crippen LogP contribution in [0.5, 0.6) is 0 Å². The van der Waals surface area contributed by atoms with Crippen LogP contribution in [0.3, 0.4) is 0 Å². The van der Waals surface area contributed by atoms with E-state index in [1.165, 1.54) is 0 Å². The fraction of sp³-hybridized carbons (Fsp3) is 0.154. The van der Waals surface area contributed by atoms with Crippen molar-refractivity contribution in [2.45, 2.75) is 6.92 Å². The molecule has 3 heteroatoms. The molecule has 0 spiro atoms. The third kappa shape index (κ3) is 1.25. The Bertz CT molecular complexity index is 607. The molecule has 0 aliphatic carbocycles. The molecule has 0 saturated carbocycles. The molecule has 0 bridgehead atoms. The number of fused-ring (bicyclic) bond motifs is 1. The second-order valence-corrected chi connectivity index (χ2v) is 3.95. The highest BCUT2D eigenvalue weighted by atomic mass is 16.5. The summed E-state index contributed by atoms with van der Waals surface area (Å²) in [6.07, 6.45) is 1.57. The van der Waals surface area contributed by atoms with E-state index in [2.05, 4.69) is 11.1 Å². The predicted molar refractivity (Wildman–Crippen MR) is 62.0 cm³/mol. The number of aromatic nitrogens is 1. The summed E-state index contributed by atoms with van der Waals surface area (Å²) in [4.78, 5) is 14.4. The van der Waals surface area contributed by atoms with Gasteiger partial charge < -0.3 is 9.72 Å². The number of H-pyrrole nitrogens is 1. The quantitative estimate of drug-likeness (QED) is 0.739.